The lowest BCUT2D eigenvalue weighted by molar-refractivity contribution is -0.214. The zero-order valence-corrected chi connectivity index (χ0v) is 28.0. The zero-order valence-electron chi connectivity index (χ0n) is 28.0. The molecule has 1 N–H and O–H groups in total. The molecule has 5 unspecified atom stereocenters. The number of hydrogen-bond acceptors (Lipinski definition) is 8. The van der Waals surface area contributed by atoms with Gasteiger partial charge < -0.3 is 24.1 Å². The van der Waals surface area contributed by atoms with Crippen molar-refractivity contribution < 1.29 is 38.4 Å². The van der Waals surface area contributed by atoms with E-state index in [1.807, 2.05) is 27.7 Å². The summed E-state index contributed by atoms with van der Waals surface area (Å²) in [5.41, 5.74) is -0.973. The fourth-order valence-electron chi connectivity index (χ4n) is 11.3. The van der Waals surface area contributed by atoms with Gasteiger partial charge in [-0.15, -0.1) is 0 Å². The summed E-state index contributed by atoms with van der Waals surface area (Å²) in [5, 5.41) is 12.2. The largest absolute Gasteiger partial charge is 0.507 e. The Balaban J connectivity index is 0.00000351. The molecule has 8 nitrogen and oxygen atoms in total. The van der Waals surface area contributed by atoms with E-state index in [1.54, 1.807) is 19.1 Å². The predicted molar refractivity (Wildman–Crippen MR) is 176 cm³/mol. The van der Waals surface area contributed by atoms with Gasteiger partial charge in [0, 0.05) is 46.8 Å². The Hall–Kier alpha value is -3.39. The minimum atomic E-state index is -1.52. The van der Waals surface area contributed by atoms with Crippen LogP contribution in [0, 0.1) is 29.1 Å². The van der Waals surface area contributed by atoms with Crippen molar-refractivity contribution in [1.82, 2.24) is 0 Å². The van der Waals surface area contributed by atoms with E-state index in [1.165, 1.54) is 0 Å². The molecule has 9 aliphatic rings. The van der Waals surface area contributed by atoms with Crippen LogP contribution >= 0.6 is 0 Å². The number of rotatable bonds is 6. The lowest BCUT2D eigenvalue weighted by Gasteiger charge is -2.70. The molecule has 3 aliphatic heterocycles. The maximum absolute atomic E-state index is 15.0. The summed E-state index contributed by atoms with van der Waals surface area (Å²) in [4.78, 5) is 40.5. The van der Waals surface area contributed by atoms with Crippen molar-refractivity contribution in [2.45, 2.75) is 123 Å². The summed E-state index contributed by atoms with van der Waals surface area (Å²) < 4.78 is 26.2. The highest BCUT2D eigenvalue weighted by Crippen LogP contribution is 2.76. The van der Waals surface area contributed by atoms with E-state index in [2.05, 4.69) is 26.8 Å². The third-order valence-corrected chi connectivity index (χ3v) is 13.1. The number of fused-ring (bicyclic) bond motifs is 3. The van der Waals surface area contributed by atoms with Crippen molar-refractivity contribution in [1.29, 1.82) is 0 Å². The fourth-order valence-corrected chi connectivity index (χ4v) is 11.3. The number of benzene rings is 1. The first-order valence-corrected chi connectivity index (χ1v) is 16.8. The molecule has 4 saturated carbocycles. The Morgan fingerprint density at radius 3 is 2.45 bits per heavy atom. The minimum Gasteiger partial charge on any atom is -0.507 e. The molecule has 5 fully saturated rings. The van der Waals surface area contributed by atoms with E-state index < -0.39 is 28.3 Å². The molecule has 47 heavy (non-hydrogen) atoms. The molecular weight excluding hydrogens is 596 g/mol. The normalized spacial score (nSPS) is 38.7. The predicted octanol–water partition coefficient (Wildman–Crippen LogP) is 7.31. The second-order valence-electron chi connectivity index (χ2n) is 16.4. The Kier molecular flexibility index (Phi) is 6.58. The minimum absolute atomic E-state index is 0. The average Bonchev–Trinajstić information content (AvgIpc) is 3.12. The summed E-state index contributed by atoms with van der Waals surface area (Å²) >= 11 is 0. The van der Waals surface area contributed by atoms with E-state index in [9.17, 15) is 19.5 Å². The standard InChI is InChI=1S/C38H44O8.CH4/c1-18(2)9-10-21-30-26(25-22-12-13-36(8,44-30)32(25)34(22,4)5)29(41)27-28(40)23-15-20-16-24-35(6,7)46-37(33(20)42,14-11-19(3)43-17-39)38(23,24)45-31(21)27;/h9,11,15,17,20,22,24-25,32,41H,10,12-14,16H2,1-8H3;1H4/b19-11-;/t20?,22?,24?,25?,32?,36-,37+,38+;/m0./s1. The lowest BCUT2D eigenvalue weighted by atomic mass is 9.37. The number of carbonyl (C=O) groups excluding carboxylic acids is 3. The van der Waals surface area contributed by atoms with Gasteiger partial charge in [-0.1, -0.05) is 39.0 Å². The number of ether oxygens (including phenoxy) is 4. The van der Waals surface area contributed by atoms with Crippen LogP contribution < -0.4 is 9.47 Å². The number of carbonyl (C=O) groups is 3. The monoisotopic (exact) mass is 644 g/mol. The number of aromatic hydroxyl groups is 1. The molecule has 1 aromatic carbocycles. The first kappa shape index (κ1) is 32.2. The van der Waals surface area contributed by atoms with Gasteiger partial charge in [0.15, 0.2) is 22.8 Å². The Morgan fingerprint density at radius 2 is 1.79 bits per heavy atom. The van der Waals surface area contributed by atoms with Crippen LogP contribution in [0.5, 0.6) is 17.2 Å². The molecule has 1 saturated heterocycles. The van der Waals surface area contributed by atoms with Crippen LogP contribution in [0.1, 0.15) is 116 Å². The molecule has 0 radical (unpaired) electrons. The lowest BCUT2D eigenvalue weighted by Crippen LogP contribution is -2.72. The fraction of sp³-hybridized carbons (Fsp3) is 0.615. The van der Waals surface area contributed by atoms with E-state index >= 15 is 0 Å². The third-order valence-electron chi connectivity index (χ3n) is 13.1. The molecule has 8 bridgehead atoms. The van der Waals surface area contributed by atoms with Gasteiger partial charge in [-0.2, -0.15) is 0 Å². The molecule has 252 valence electrons. The van der Waals surface area contributed by atoms with Gasteiger partial charge in [-0.3, -0.25) is 14.4 Å². The van der Waals surface area contributed by atoms with Crippen molar-refractivity contribution in [3.05, 3.63) is 51.8 Å². The molecule has 8 atom stereocenters. The molecule has 0 aromatic heterocycles. The van der Waals surface area contributed by atoms with Gasteiger partial charge in [0.2, 0.25) is 0 Å². The maximum Gasteiger partial charge on any atom is 0.298 e. The molecule has 6 aliphatic carbocycles. The molecule has 0 amide bonds. The second kappa shape index (κ2) is 9.61. The SMILES string of the molecule is C.CC(C)=CCc1c2c(c(O)c3c1O[C@@]1(C)CCC4C3C1C4(C)C)C(=O)C1=CC3CC4C(C)(C)O[C@](C/C=C(/C)OC=O)(C3=O)[C@@]14O2. The highest BCUT2D eigenvalue weighted by atomic mass is 16.6. The first-order valence-electron chi connectivity index (χ1n) is 16.8. The zero-order chi connectivity index (χ0) is 32.9. The van der Waals surface area contributed by atoms with Crippen LogP contribution in [0.4, 0.5) is 0 Å². The van der Waals surface area contributed by atoms with Gasteiger partial charge in [0.25, 0.3) is 6.47 Å². The van der Waals surface area contributed by atoms with Crippen LogP contribution in [0.2, 0.25) is 0 Å². The van der Waals surface area contributed by atoms with Crippen LogP contribution in [-0.4, -0.2) is 45.5 Å². The summed E-state index contributed by atoms with van der Waals surface area (Å²) in [7, 11) is 0. The Morgan fingerprint density at radius 1 is 1.06 bits per heavy atom. The van der Waals surface area contributed by atoms with Crippen LogP contribution in [-0.2, 0) is 25.5 Å². The number of Topliss-reactive ketones (excluding diaryl/α,β-unsaturated/α-hetero) is 2. The number of allylic oxidation sites excluding steroid dienone is 4. The number of hydrogen-bond donors (Lipinski definition) is 1. The quantitative estimate of drug-likeness (QED) is 0.195. The van der Waals surface area contributed by atoms with Crippen molar-refractivity contribution in [3.8, 4) is 17.2 Å². The van der Waals surface area contributed by atoms with E-state index in [0.717, 1.165) is 29.5 Å². The Labute approximate surface area is 277 Å². The topological polar surface area (TPSA) is 108 Å². The highest BCUT2D eigenvalue weighted by molar-refractivity contribution is 6.18. The highest BCUT2D eigenvalue weighted by Gasteiger charge is 2.81. The first-order chi connectivity index (χ1) is 21.6. The maximum atomic E-state index is 15.0. The van der Waals surface area contributed by atoms with Gasteiger partial charge in [0.05, 0.1) is 5.60 Å². The summed E-state index contributed by atoms with van der Waals surface area (Å²) in [5.74, 6) is 0.590. The number of ketones is 2. The van der Waals surface area contributed by atoms with Crippen molar-refractivity contribution in [2.75, 3.05) is 0 Å². The van der Waals surface area contributed by atoms with E-state index in [4.69, 9.17) is 18.9 Å². The summed E-state index contributed by atoms with van der Waals surface area (Å²) in [6.07, 6.45) is 8.48. The Bertz CT molecular complexity index is 1740. The van der Waals surface area contributed by atoms with Crippen molar-refractivity contribution in [3.63, 3.8) is 0 Å². The van der Waals surface area contributed by atoms with Gasteiger partial charge in [-0.05, 0) is 84.6 Å². The third kappa shape index (κ3) is 3.61. The molecular formula is C39H48O8. The second-order valence-corrected chi connectivity index (χ2v) is 16.4. The molecule has 1 aromatic rings. The number of phenolic OH excluding ortho intramolecular Hbond substituents is 1. The van der Waals surface area contributed by atoms with E-state index in [-0.39, 0.29) is 59.9 Å². The summed E-state index contributed by atoms with van der Waals surface area (Å²) in [6.45, 7) is 16.8. The average molecular weight is 645 g/mol. The summed E-state index contributed by atoms with van der Waals surface area (Å²) in [6, 6.07) is 0. The van der Waals surface area contributed by atoms with Crippen molar-refractivity contribution in [2.24, 2.45) is 29.1 Å². The van der Waals surface area contributed by atoms with Crippen LogP contribution in [0.3, 0.4) is 0 Å². The van der Waals surface area contributed by atoms with Crippen LogP contribution in [0.15, 0.2) is 35.1 Å². The van der Waals surface area contributed by atoms with Gasteiger partial charge >= 0.3 is 0 Å². The van der Waals surface area contributed by atoms with Gasteiger partial charge in [0.1, 0.15) is 34.2 Å². The molecule has 8 heteroatoms. The molecule has 10 rings (SSSR count). The smallest absolute Gasteiger partial charge is 0.298 e. The number of phenols is 1. The van der Waals surface area contributed by atoms with Crippen molar-refractivity contribution >= 4 is 18.0 Å². The molecule has 1 spiro atoms. The van der Waals surface area contributed by atoms with Crippen LogP contribution in [0.25, 0.3) is 0 Å². The molecule has 3 heterocycles. The van der Waals surface area contributed by atoms with E-state index in [0.29, 0.717) is 48.1 Å². The van der Waals surface area contributed by atoms with Gasteiger partial charge in [-0.25, -0.2) is 0 Å².